The molecule has 1 nitrogen and oxygen atoms in total. The zero-order valence-electron chi connectivity index (χ0n) is 7.36. The molecular formula is C9H15FO. The fourth-order valence-electron chi connectivity index (χ4n) is 0.821. The van der Waals surface area contributed by atoms with Crippen molar-refractivity contribution in [2.45, 2.75) is 33.4 Å². The third-order valence-corrected chi connectivity index (χ3v) is 2.15. The van der Waals surface area contributed by atoms with Gasteiger partial charge in [0.1, 0.15) is 0 Å². The van der Waals surface area contributed by atoms with Crippen molar-refractivity contribution in [3.8, 4) is 0 Å². The first kappa shape index (κ1) is 10.3. The van der Waals surface area contributed by atoms with Crippen LogP contribution < -0.4 is 0 Å². The fraction of sp³-hybridized carbons (Fsp3) is 0.667. The first-order valence-corrected chi connectivity index (χ1v) is 3.74. The van der Waals surface area contributed by atoms with Crippen molar-refractivity contribution in [2.75, 3.05) is 0 Å². The van der Waals surface area contributed by atoms with Gasteiger partial charge in [-0.2, -0.15) is 0 Å². The maximum Gasteiger partial charge on any atom is 0.164 e. The Morgan fingerprint density at radius 3 is 2.45 bits per heavy atom. The molecule has 11 heavy (non-hydrogen) atoms. The summed E-state index contributed by atoms with van der Waals surface area (Å²) < 4.78 is 12.9. The van der Waals surface area contributed by atoms with Gasteiger partial charge in [-0.3, -0.25) is 0 Å². The molecule has 0 radical (unpaired) electrons. The van der Waals surface area contributed by atoms with E-state index in [1.165, 1.54) is 0 Å². The van der Waals surface area contributed by atoms with E-state index in [1.54, 1.807) is 13.8 Å². The Hall–Kier alpha value is -0.660. The van der Waals surface area contributed by atoms with Crippen LogP contribution in [0.5, 0.6) is 0 Å². The van der Waals surface area contributed by atoms with E-state index < -0.39 is 11.6 Å². The molecule has 0 amide bonds. The van der Waals surface area contributed by atoms with E-state index in [0.717, 1.165) is 5.57 Å². The highest BCUT2D eigenvalue weighted by atomic mass is 19.1. The van der Waals surface area contributed by atoms with Gasteiger partial charge in [0.2, 0.25) is 0 Å². The molecule has 0 aromatic carbocycles. The van der Waals surface area contributed by atoms with Crippen molar-refractivity contribution < 1.29 is 9.18 Å². The number of alkyl halides is 1. The molecular weight excluding hydrogens is 143 g/mol. The summed E-state index contributed by atoms with van der Waals surface area (Å²) in [6.07, 6.45) is -0.391. The van der Waals surface area contributed by atoms with Crippen LogP contribution in [-0.2, 0) is 4.79 Å². The summed E-state index contributed by atoms with van der Waals surface area (Å²) in [6, 6.07) is 0. The van der Waals surface area contributed by atoms with Crippen molar-refractivity contribution >= 4 is 6.29 Å². The maximum absolute atomic E-state index is 12.9. The number of rotatable bonds is 4. The summed E-state index contributed by atoms with van der Waals surface area (Å²) in [5.74, 6) is 0. The lowest BCUT2D eigenvalue weighted by Crippen LogP contribution is -2.28. The third-order valence-electron chi connectivity index (χ3n) is 2.15. The van der Waals surface area contributed by atoms with E-state index in [9.17, 15) is 9.18 Å². The second-order valence-electron chi connectivity index (χ2n) is 3.22. The predicted molar refractivity (Wildman–Crippen MR) is 44.2 cm³/mol. The molecule has 1 atom stereocenters. The lowest BCUT2D eigenvalue weighted by molar-refractivity contribution is -0.114. The Morgan fingerprint density at radius 2 is 2.18 bits per heavy atom. The number of halogens is 1. The van der Waals surface area contributed by atoms with Crippen LogP contribution in [0.3, 0.4) is 0 Å². The third kappa shape index (κ3) is 2.14. The van der Waals surface area contributed by atoms with Gasteiger partial charge in [-0.1, -0.05) is 32.9 Å². The first-order valence-electron chi connectivity index (χ1n) is 3.74. The lowest BCUT2D eigenvalue weighted by atomic mass is 9.80. The normalized spacial score (nSPS) is 14.2. The number of carbonyl (C=O) groups excluding carboxylic acids is 1. The number of aldehydes is 1. The van der Waals surface area contributed by atoms with Gasteiger partial charge in [-0.25, -0.2) is 4.39 Å². The zero-order chi connectivity index (χ0) is 9.07. The standard InChI is InChI=1S/C9H15FO/c1-5-7(2)9(3,4)8(10)6-11/h6,8H,2,5H2,1,3-4H3. The summed E-state index contributed by atoms with van der Waals surface area (Å²) in [6.45, 7) is 9.00. The van der Waals surface area contributed by atoms with Crippen LogP contribution in [0.4, 0.5) is 4.39 Å². The Bertz CT molecular complexity index is 161. The summed E-state index contributed by atoms with van der Waals surface area (Å²) in [5.41, 5.74) is 0.0633. The maximum atomic E-state index is 12.9. The van der Waals surface area contributed by atoms with Crippen LogP contribution in [0.2, 0.25) is 0 Å². The topological polar surface area (TPSA) is 17.1 Å². The second-order valence-corrected chi connectivity index (χ2v) is 3.22. The highest BCUT2D eigenvalue weighted by molar-refractivity contribution is 5.58. The van der Waals surface area contributed by atoms with Gasteiger partial charge in [0, 0.05) is 5.41 Å². The molecule has 0 aliphatic carbocycles. The molecule has 0 bridgehead atoms. The second kappa shape index (κ2) is 3.65. The van der Waals surface area contributed by atoms with Gasteiger partial charge in [-0.05, 0) is 6.42 Å². The summed E-state index contributed by atoms with van der Waals surface area (Å²) >= 11 is 0. The average Bonchev–Trinajstić information content (AvgIpc) is 2.01. The quantitative estimate of drug-likeness (QED) is 0.454. The largest absolute Gasteiger partial charge is 0.300 e. The van der Waals surface area contributed by atoms with E-state index in [2.05, 4.69) is 6.58 Å². The van der Waals surface area contributed by atoms with Gasteiger partial charge < -0.3 is 4.79 Å². The number of allylic oxidation sites excluding steroid dienone is 1. The molecule has 0 saturated carbocycles. The van der Waals surface area contributed by atoms with Crippen LogP contribution in [0, 0.1) is 5.41 Å². The molecule has 0 aromatic heterocycles. The average molecular weight is 158 g/mol. The molecule has 0 heterocycles. The Balaban J connectivity index is 4.43. The fourth-order valence-corrected chi connectivity index (χ4v) is 0.821. The van der Waals surface area contributed by atoms with Crippen molar-refractivity contribution in [3.05, 3.63) is 12.2 Å². The smallest absolute Gasteiger partial charge is 0.164 e. The van der Waals surface area contributed by atoms with Crippen LogP contribution in [-0.4, -0.2) is 12.5 Å². The van der Waals surface area contributed by atoms with E-state index in [4.69, 9.17) is 0 Å². The van der Waals surface area contributed by atoms with E-state index in [-0.39, 0.29) is 0 Å². The Morgan fingerprint density at radius 1 is 1.73 bits per heavy atom. The molecule has 2 heteroatoms. The molecule has 0 rings (SSSR count). The van der Waals surface area contributed by atoms with Crippen molar-refractivity contribution in [2.24, 2.45) is 5.41 Å². The summed E-state index contributed by atoms with van der Waals surface area (Å²) in [5, 5.41) is 0. The van der Waals surface area contributed by atoms with Gasteiger partial charge in [0.25, 0.3) is 0 Å². The molecule has 0 fully saturated rings. The molecule has 0 spiro atoms. The molecule has 64 valence electrons. The van der Waals surface area contributed by atoms with Crippen LogP contribution in [0.1, 0.15) is 27.2 Å². The SMILES string of the molecule is C=C(CC)C(C)(C)C(F)C=O. The zero-order valence-corrected chi connectivity index (χ0v) is 7.36. The molecule has 1 unspecified atom stereocenters. The lowest BCUT2D eigenvalue weighted by Gasteiger charge is -2.27. The minimum Gasteiger partial charge on any atom is -0.300 e. The molecule has 0 saturated heterocycles. The number of hydrogen-bond donors (Lipinski definition) is 0. The summed E-state index contributed by atoms with van der Waals surface area (Å²) in [7, 11) is 0. The van der Waals surface area contributed by atoms with Crippen LogP contribution >= 0.6 is 0 Å². The van der Waals surface area contributed by atoms with Gasteiger partial charge in [-0.15, -0.1) is 0 Å². The molecule has 0 N–H and O–H groups in total. The molecule has 0 aliphatic heterocycles. The first-order chi connectivity index (χ1) is 4.96. The van der Waals surface area contributed by atoms with Crippen molar-refractivity contribution in [1.82, 2.24) is 0 Å². The van der Waals surface area contributed by atoms with Gasteiger partial charge in [0.05, 0.1) is 0 Å². The molecule has 0 aliphatic rings. The monoisotopic (exact) mass is 158 g/mol. The Kier molecular flexibility index (Phi) is 3.43. The highest BCUT2D eigenvalue weighted by Gasteiger charge is 2.30. The van der Waals surface area contributed by atoms with E-state index in [1.807, 2.05) is 6.92 Å². The van der Waals surface area contributed by atoms with Crippen molar-refractivity contribution in [3.63, 3.8) is 0 Å². The van der Waals surface area contributed by atoms with Crippen molar-refractivity contribution in [1.29, 1.82) is 0 Å². The Labute approximate surface area is 67.3 Å². The number of carbonyl (C=O) groups is 1. The minimum absolute atomic E-state index is 0.334. The minimum atomic E-state index is -1.44. The van der Waals surface area contributed by atoms with E-state index in [0.29, 0.717) is 12.7 Å². The highest BCUT2D eigenvalue weighted by Crippen LogP contribution is 2.32. The van der Waals surface area contributed by atoms with Crippen LogP contribution in [0.15, 0.2) is 12.2 Å². The van der Waals surface area contributed by atoms with Gasteiger partial charge in [0.15, 0.2) is 12.5 Å². The van der Waals surface area contributed by atoms with Gasteiger partial charge >= 0.3 is 0 Å². The van der Waals surface area contributed by atoms with E-state index >= 15 is 0 Å². The molecule has 0 aromatic rings. The number of hydrogen-bond acceptors (Lipinski definition) is 1. The summed E-state index contributed by atoms with van der Waals surface area (Å²) in [4.78, 5) is 10.2. The predicted octanol–water partition coefficient (Wildman–Crippen LogP) is 2.52. The van der Waals surface area contributed by atoms with Crippen LogP contribution in [0.25, 0.3) is 0 Å².